The molecule has 4 nitrogen and oxygen atoms in total. The largest absolute Gasteiger partial charge is 0.345 e. The molecule has 3 rings (SSSR count). The molecular weight excluding hydrogens is 276 g/mol. The predicted molar refractivity (Wildman–Crippen MR) is 86.0 cm³/mol. The van der Waals surface area contributed by atoms with Crippen molar-refractivity contribution < 1.29 is 4.79 Å². The van der Waals surface area contributed by atoms with Gasteiger partial charge in [-0.15, -0.1) is 0 Å². The molecule has 0 unspecified atom stereocenters. The molecule has 2 N–H and O–H groups in total. The van der Waals surface area contributed by atoms with Crippen LogP contribution < -0.4 is 10.9 Å². The van der Waals surface area contributed by atoms with Crippen LogP contribution in [-0.4, -0.2) is 10.9 Å². The first kappa shape index (κ1) is 14.6. The van der Waals surface area contributed by atoms with Gasteiger partial charge in [0.15, 0.2) is 0 Å². The second-order valence-electron chi connectivity index (χ2n) is 5.87. The van der Waals surface area contributed by atoms with Gasteiger partial charge >= 0.3 is 0 Å². The Morgan fingerprint density at radius 2 is 1.91 bits per heavy atom. The second kappa shape index (κ2) is 6.18. The zero-order valence-electron chi connectivity index (χ0n) is 12.7. The average Bonchev–Trinajstić information content (AvgIpc) is 2.55. The number of aromatic amines is 1. The van der Waals surface area contributed by atoms with Crippen LogP contribution in [0.4, 0.5) is 0 Å². The standard InChI is InChI=1S/C18H20N2O2/c1-12(20-18(22)16-8-9-17(21)19-11-16)14-7-6-13-4-2-3-5-15(13)10-14/h6-12H,2-5H2,1H3,(H,19,21)(H,20,22)/t12-/m0/s1. The highest BCUT2D eigenvalue weighted by atomic mass is 16.2. The third-order valence-corrected chi connectivity index (χ3v) is 4.27. The molecule has 0 bridgehead atoms. The SMILES string of the molecule is C[C@H](NC(=O)c1ccc(=O)[nH]c1)c1ccc2c(c1)CCCC2. The van der Waals surface area contributed by atoms with Gasteiger partial charge in [-0.3, -0.25) is 9.59 Å². The molecule has 1 amide bonds. The molecule has 4 heteroatoms. The number of H-pyrrole nitrogens is 1. The number of pyridine rings is 1. The lowest BCUT2D eigenvalue weighted by Gasteiger charge is -2.20. The van der Waals surface area contributed by atoms with Crippen molar-refractivity contribution in [3.05, 3.63) is 69.1 Å². The Kier molecular flexibility index (Phi) is 4.09. The molecule has 0 spiro atoms. The number of carbonyl (C=O) groups is 1. The molecule has 114 valence electrons. The molecule has 0 saturated heterocycles. The van der Waals surface area contributed by atoms with Gasteiger partial charge in [0.25, 0.3) is 5.91 Å². The van der Waals surface area contributed by atoms with Crippen LogP contribution in [-0.2, 0) is 12.8 Å². The molecule has 0 fully saturated rings. The molecule has 1 atom stereocenters. The summed E-state index contributed by atoms with van der Waals surface area (Å²) in [6.45, 7) is 1.98. The van der Waals surface area contributed by atoms with Crippen LogP contribution in [0, 0.1) is 0 Å². The zero-order chi connectivity index (χ0) is 15.5. The van der Waals surface area contributed by atoms with Gasteiger partial charge in [-0.05, 0) is 55.4 Å². The number of amides is 1. The minimum Gasteiger partial charge on any atom is -0.345 e. The van der Waals surface area contributed by atoms with E-state index < -0.39 is 0 Å². The van der Waals surface area contributed by atoms with E-state index in [4.69, 9.17) is 0 Å². The topological polar surface area (TPSA) is 62.0 Å². The maximum absolute atomic E-state index is 12.2. The Morgan fingerprint density at radius 3 is 2.64 bits per heavy atom. The van der Waals surface area contributed by atoms with Gasteiger partial charge in [0.1, 0.15) is 0 Å². The lowest BCUT2D eigenvalue weighted by atomic mass is 9.89. The Hall–Kier alpha value is -2.36. The van der Waals surface area contributed by atoms with Gasteiger partial charge in [0, 0.05) is 12.3 Å². The van der Waals surface area contributed by atoms with Gasteiger partial charge in [0.2, 0.25) is 5.56 Å². The first-order valence-electron chi connectivity index (χ1n) is 7.75. The van der Waals surface area contributed by atoms with Crippen molar-refractivity contribution in [2.24, 2.45) is 0 Å². The van der Waals surface area contributed by atoms with E-state index in [0.717, 1.165) is 18.4 Å². The van der Waals surface area contributed by atoms with E-state index in [1.54, 1.807) is 0 Å². The minimum atomic E-state index is -0.209. The molecule has 0 aliphatic heterocycles. The summed E-state index contributed by atoms with van der Waals surface area (Å²) in [7, 11) is 0. The molecule has 0 radical (unpaired) electrons. The van der Waals surface area contributed by atoms with Crippen LogP contribution in [0.3, 0.4) is 0 Å². The highest BCUT2D eigenvalue weighted by Gasteiger charge is 2.15. The molecule has 1 aliphatic carbocycles. The van der Waals surface area contributed by atoms with Gasteiger partial charge in [-0.1, -0.05) is 18.2 Å². The van der Waals surface area contributed by atoms with Crippen molar-refractivity contribution in [1.82, 2.24) is 10.3 Å². The van der Waals surface area contributed by atoms with E-state index >= 15 is 0 Å². The van der Waals surface area contributed by atoms with E-state index in [1.807, 2.05) is 6.92 Å². The smallest absolute Gasteiger partial charge is 0.253 e. The number of aryl methyl sites for hydroxylation is 2. The highest BCUT2D eigenvalue weighted by molar-refractivity contribution is 5.94. The van der Waals surface area contributed by atoms with E-state index in [9.17, 15) is 9.59 Å². The third kappa shape index (κ3) is 3.11. The Labute approximate surface area is 129 Å². The molecular formula is C18H20N2O2. The van der Waals surface area contributed by atoms with E-state index in [2.05, 4.69) is 28.5 Å². The summed E-state index contributed by atoms with van der Waals surface area (Å²) in [4.78, 5) is 25.8. The van der Waals surface area contributed by atoms with Crippen LogP contribution in [0.15, 0.2) is 41.3 Å². The van der Waals surface area contributed by atoms with Gasteiger partial charge in [0.05, 0.1) is 11.6 Å². The first-order chi connectivity index (χ1) is 10.6. The van der Waals surface area contributed by atoms with E-state index in [0.29, 0.717) is 5.56 Å². The monoisotopic (exact) mass is 296 g/mol. The Bertz CT molecular complexity index is 728. The molecule has 2 aromatic rings. The van der Waals surface area contributed by atoms with Crippen LogP contribution >= 0.6 is 0 Å². The summed E-state index contributed by atoms with van der Waals surface area (Å²) in [6, 6.07) is 9.33. The highest BCUT2D eigenvalue weighted by Crippen LogP contribution is 2.24. The maximum Gasteiger partial charge on any atom is 0.253 e. The first-order valence-corrected chi connectivity index (χ1v) is 7.75. The lowest BCUT2D eigenvalue weighted by Crippen LogP contribution is -2.27. The predicted octanol–water partition coefficient (Wildman–Crippen LogP) is 2.74. The van der Waals surface area contributed by atoms with Crippen molar-refractivity contribution in [2.45, 2.75) is 38.6 Å². The summed E-state index contributed by atoms with van der Waals surface area (Å²) < 4.78 is 0. The number of aromatic nitrogens is 1. The summed E-state index contributed by atoms with van der Waals surface area (Å²) in [5.41, 5.74) is 4.23. The number of benzene rings is 1. The van der Waals surface area contributed by atoms with Crippen LogP contribution in [0.5, 0.6) is 0 Å². The van der Waals surface area contributed by atoms with Gasteiger partial charge < -0.3 is 10.3 Å². The summed E-state index contributed by atoms with van der Waals surface area (Å²) >= 11 is 0. The second-order valence-corrected chi connectivity index (χ2v) is 5.87. The molecule has 22 heavy (non-hydrogen) atoms. The fourth-order valence-electron chi connectivity index (χ4n) is 2.94. The van der Waals surface area contributed by atoms with E-state index in [1.165, 1.54) is 42.3 Å². The number of hydrogen-bond donors (Lipinski definition) is 2. The van der Waals surface area contributed by atoms with Crippen molar-refractivity contribution >= 4 is 5.91 Å². The van der Waals surface area contributed by atoms with Gasteiger partial charge in [-0.25, -0.2) is 0 Å². The van der Waals surface area contributed by atoms with Gasteiger partial charge in [-0.2, -0.15) is 0 Å². The van der Waals surface area contributed by atoms with Crippen LogP contribution in [0.1, 0.15) is 52.9 Å². The van der Waals surface area contributed by atoms with E-state index in [-0.39, 0.29) is 17.5 Å². The van der Waals surface area contributed by atoms with Crippen molar-refractivity contribution in [3.63, 3.8) is 0 Å². The fourth-order valence-corrected chi connectivity index (χ4v) is 2.94. The van der Waals surface area contributed by atoms with Crippen molar-refractivity contribution in [2.75, 3.05) is 0 Å². The molecule has 1 aromatic carbocycles. The summed E-state index contributed by atoms with van der Waals surface area (Å²) in [5.74, 6) is -0.179. The number of carbonyl (C=O) groups excluding carboxylic acids is 1. The number of nitrogens with one attached hydrogen (secondary N) is 2. The van der Waals surface area contributed by atoms with Crippen molar-refractivity contribution in [1.29, 1.82) is 0 Å². The quantitative estimate of drug-likeness (QED) is 0.915. The zero-order valence-corrected chi connectivity index (χ0v) is 12.7. The average molecular weight is 296 g/mol. The summed E-state index contributed by atoms with van der Waals surface area (Å²) in [5, 5.41) is 2.98. The lowest BCUT2D eigenvalue weighted by molar-refractivity contribution is 0.0939. The van der Waals surface area contributed by atoms with Crippen LogP contribution in [0.2, 0.25) is 0 Å². The normalized spacial score (nSPS) is 15.0. The Balaban J connectivity index is 1.73. The third-order valence-electron chi connectivity index (χ3n) is 4.27. The Morgan fingerprint density at radius 1 is 1.14 bits per heavy atom. The summed E-state index contributed by atoms with van der Waals surface area (Å²) in [6.07, 6.45) is 6.24. The molecule has 0 saturated carbocycles. The van der Waals surface area contributed by atoms with Crippen molar-refractivity contribution in [3.8, 4) is 0 Å². The number of fused-ring (bicyclic) bond motifs is 1. The molecule has 1 aliphatic rings. The molecule has 1 heterocycles. The molecule has 1 aromatic heterocycles. The number of rotatable bonds is 3. The number of hydrogen-bond acceptors (Lipinski definition) is 2. The maximum atomic E-state index is 12.2. The minimum absolute atomic E-state index is 0.0633. The van der Waals surface area contributed by atoms with Crippen LogP contribution in [0.25, 0.3) is 0 Å². The fraction of sp³-hybridized carbons (Fsp3) is 0.333.